The number of aliphatic hydroxyl groups is 5. The number of nitrogens with zero attached hydrogens (tertiary/aromatic N) is 2. The Morgan fingerprint density at radius 3 is 1.92 bits per heavy atom. The smallest absolute Gasteiger partial charge is 0.263 e. The molecular weight excluding hydrogens is 821 g/mol. The number of amides is 4. The summed E-state index contributed by atoms with van der Waals surface area (Å²) in [5.74, 6) is -2.94. The van der Waals surface area contributed by atoms with E-state index in [1.807, 2.05) is 22.6 Å². The fraction of sp³-hybridized carbons (Fsp3) is 0.500. The van der Waals surface area contributed by atoms with Crippen LogP contribution in [0.25, 0.3) is 0 Å². The number of imide groups is 1. The molecule has 0 aromatic heterocycles. The molecule has 0 fully saturated rings. The number of carbonyl (C=O) groups excluding carboxylic acids is 4. The molecule has 0 saturated heterocycles. The number of hydrogen-bond acceptors (Lipinski definition) is 10. The molecule has 36 heavy (non-hydrogen) atoms. The Morgan fingerprint density at radius 2 is 1.50 bits per heavy atom. The van der Waals surface area contributed by atoms with Crippen LogP contribution in [-0.2, 0) is 14.4 Å². The second kappa shape index (κ2) is 14.4. The highest BCUT2D eigenvalue weighted by atomic mass is 127. The van der Waals surface area contributed by atoms with Crippen molar-refractivity contribution in [2.24, 2.45) is 5.73 Å². The van der Waals surface area contributed by atoms with Crippen molar-refractivity contribution >= 4 is 103 Å². The minimum absolute atomic E-state index is 0.145. The fourth-order valence-corrected chi connectivity index (χ4v) is 7.77. The number of rotatable bonds is 10. The second-order valence-electron chi connectivity index (χ2n) is 7.55. The molecule has 1 rings (SSSR count). The lowest BCUT2D eigenvalue weighted by Crippen LogP contribution is -2.59. The number of nitrogens with one attached hydrogen (secondary N) is 1. The minimum atomic E-state index is -2.06. The van der Waals surface area contributed by atoms with Crippen molar-refractivity contribution in [3.63, 3.8) is 0 Å². The second-order valence-corrected chi connectivity index (χ2v) is 10.8. The Labute approximate surface area is 247 Å². The summed E-state index contributed by atoms with van der Waals surface area (Å²) in [5.41, 5.74) is 5.78. The third-order valence-electron chi connectivity index (χ3n) is 5.12. The average Bonchev–Trinajstić information content (AvgIpc) is 2.82. The predicted molar refractivity (Wildman–Crippen MR) is 154 cm³/mol. The number of benzene rings is 1. The number of anilines is 2. The van der Waals surface area contributed by atoms with E-state index in [-0.39, 0.29) is 30.0 Å². The zero-order chi connectivity index (χ0) is 28.1. The van der Waals surface area contributed by atoms with Gasteiger partial charge in [0.2, 0.25) is 17.7 Å². The highest BCUT2D eigenvalue weighted by Gasteiger charge is 2.41. The highest BCUT2D eigenvalue weighted by Crippen LogP contribution is 2.41. The van der Waals surface area contributed by atoms with Crippen LogP contribution >= 0.6 is 67.8 Å². The quantitative estimate of drug-likeness (QED) is 0.140. The van der Waals surface area contributed by atoms with Crippen molar-refractivity contribution in [2.45, 2.75) is 38.2 Å². The van der Waals surface area contributed by atoms with Gasteiger partial charge in [-0.2, -0.15) is 0 Å². The van der Waals surface area contributed by atoms with Crippen molar-refractivity contribution in [1.29, 1.82) is 0 Å². The van der Waals surface area contributed by atoms with Gasteiger partial charge >= 0.3 is 0 Å². The van der Waals surface area contributed by atoms with Gasteiger partial charge in [-0.15, -0.1) is 0 Å². The molecule has 202 valence electrons. The van der Waals surface area contributed by atoms with E-state index < -0.39 is 61.8 Å². The molecule has 0 heterocycles. The summed E-state index contributed by atoms with van der Waals surface area (Å²) in [6.45, 7) is -0.146. The van der Waals surface area contributed by atoms with E-state index in [0.29, 0.717) is 8.47 Å². The molecule has 0 radical (unpaired) electrons. The highest BCUT2D eigenvalue weighted by molar-refractivity contribution is 14.1. The monoisotopic (exact) mass is 848 g/mol. The van der Waals surface area contributed by atoms with Crippen molar-refractivity contribution in [3.05, 3.63) is 16.3 Å². The van der Waals surface area contributed by atoms with Crippen LogP contribution in [0.5, 0.6) is 0 Å². The summed E-state index contributed by atoms with van der Waals surface area (Å²) in [6, 6.07) is -1.77. The van der Waals surface area contributed by atoms with Crippen LogP contribution < -0.4 is 16.0 Å². The van der Waals surface area contributed by atoms with E-state index in [9.17, 15) is 39.6 Å². The van der Waals surface area contributed by atoms with Crippen LogP contribution in [0.15, 0.2) is 0 Å². The summed E-state index contributed by atoms with van der Waals surface area (Å²) in [5, 5.41) is 52.1. The van der Waals surface area contributed by atoms with E-state index in [4.69, 9.17) is 10.8 Å². The summed E-state index contributed by atoms with van der Waals surface area (Å²) < 4.78 is 0.845. The molecule has 16 heteroatoms. The first-order chi connectivity index (χ1) is 16.7. The normalized spacial score (nSPS) is 14.4. The maximum absolute atomic E-state index is 13.9. The van der Waals surface area contributed by atoms with Crippen LogP contribution in [-0.4, -0.2) is 105 Å². The molecule has 0 spiro atoms. The number of carbonyl (C=O) groups is 4. The molecule has 1 aromatic carbocycles. The SMILES string of the molecule is CC(=O)Nc1c(I)c(C(=O)N(C(=O)CN)[C@@H](CO)[C@@H](O)[C@H](O)[C@H](O)CO)c(I)c(N(C)C(C)=O)c1I. The number of aliphatic hydroxyl groups excluding tert-OH is 5. The van der Waals surface area contributed by atoms with Gasteiger partial charge in [0.25, 0.3) is 5.91 Å². The van der Waals surface area contributed by atoms with Crippen molar-refractivity contribution < 1.29 is 44.7 Å². The van der Waals surface area contributed by atoms with Crippen LogP contribution in [0.4, 0.5) is 11.4 Å². The topological polar surface area (TPSA) is 214 Å². The van der Waals surface area contributed by atoms with Crippen molar-refractivity contribution in [1.82, 2.24) is 4.90 Å². The van der Waals surface area contributed by atoms with Gasteiger partial charge in [-0.1, -0.05) is 0 Å². The zero-order valence-electron chi connectivity index (χ0n) is 19.4. The Bertz CT molecular complexity index is 1030. The Kier molecular flexibility index (Phi) is 13.3. The summed E-state index contributed by atoms with van der Waals surface area (Å²) in [7, 11) is 1.45. The largest absolute Gasteiger partial charge is 0.394 e. The fourth-order valence-electron chi connectivity index (χ4n) is 3.15. The molecule has 8 N–H and O–H groups in total. The lowest BCUT2D eigenvalue weighted by atomic mass is 9.99. The van der Waals surface area contributed by atoms with Crippen molar-refractivity contribution in [2.75, 3.05) is 37.0 Å². The van der Waals surface area contributed by atoms with E-state index in [0.717, 1.165) is 0 Å². The molecule has 0 aliphatic heterocycles. The van der Waals surface area contributed by atoms with Gasteiger partial charge in [-0.25, -0.2) is 0 Å². The van der Waals surface area contributed by atoms with E-state index in [1.54, 1.807) is 45.2 Å². The number of hydrogen-bond donors (Lipinski definition) is 7. The zero-order valence-corrected chi connectivity index (χ0v) is 25.9. The molecule has 4 amide bonds. The van der Waals surface area contributed by atoms with E-state index >= 15 is 0 Å². The van der Waals surface area contributed by atoms with Gasteiger partial charge < -0.3 is 41.5 Å². The van der Waals surface area contributed by atoms with E-state index in [2.05, 4.69) is 5.32 Å². The third-order valence-corrected chi connectivity index (χ3v) is 8.30. The maximum Gasteiger partial charge on any atom is 0.263 e. The predicted octanol–water partition coefficient (Wildman–Crippen LogP) is -1.20. The average molecular weight is 848 g/mol. The first kappa shape index (κ1) is 33.3. The molecule has 0 aliphatic carbocycles. The van der Waals surface area contributed by atoms with Crippen LogP contribution in [0.3, 0.4) is 0 Å². The third kappa shape index (κ3) is 7.21. The first-order valence-corrected chi connectivity index (χ1v) is 13.5. The molecule has 13 nitrogen and oxygen atoms in total. The number of halogens is 3. The van der Waals surface area contributed by atoms with Crippen molar-refractivity contribution in [3.8, 4) is 0 Å². The van der Waals surface area contributed by atoms with Crippen LogP contribution in [0, 0.1) is 10.7 Å². The summed E-state index contributed by atoms with van der Waals surface area (Å²) in [6.07, 6.45) is -5.93. The molecule has 4 atom stereocenters. The molecule has 0 unspecified atom stereocenters. The summed E-state index contributed by atoms with van der Waals surface area (Å²) in [4.78, 5) is 52.4. The van der Waals surface area contributed by atoms with Crippen LogP contribution in [0.2, 0.25) is 0 Å². The lowest BCUT2D eigenvalue weighted by molar-refractivity contribution is -0.139. The lowest BCUT2D eigenvalue weighted by Gasteiger charge is -2.35. The number of nitrogens with two attached hydrogens (primary N) is 1. The van der Waals surface area contributed by atoms with Gasteiger partial charge in [0, 0.05) is 20.9 Å². The van der Waals surface area contributed by atoms with Gasteiger partial charge in [-0.05, 0) is 67.8 Å². The minimum Gasteiger partial charge on any atom is -0.394 e. The molecule has 0 saturated carbocycles. The molecule has 0 aliphatic rings. The van der Waals surface area contributed by atoms with Gasteiger partial charge in [0.1, 0.15) is 18.3 Å². The van der Waals surface area contributed by atoms with Gasteiger partial charge in [0.15, 0.2) is 0 Å². The van der Waals surface area contributed by atoms with Crippen LogP contribution in [0.1, 0.15) is 24.2 Å². The Morgan fingerprint density at radius 1 is 0.944 bits per heavy atom. The Hall–Kier alpha value is -0.750. The summed E-state index contributed by atoms with van der Waals surface area (Å²) >= 11 is 5.50. The van der Waals surface area contributed by atoms with Gasteiger partial charge in [0.05, 0.1) is 53.4 Å². The molecule has 0 bridgehead atoms. The van der Waals surface area contributed by atoms with E-state index in [1.165, 1.54) is 25.8 Å². The maximum atomic E-state index is 13.9. The molecular formula is C20H27I3N4O9. The van der Waals surface area contributed by atoms with Gasteiger partial charge in [-0.3, -0.25) is 24.1 Å². The first-order valence-electron chi connectivity index (χ1n) is 10.2. The Balaban J connectivity index is 3.93. The molecule has 1 aromatic rings. The standard InChI is InChI=1S/C20H27I3N4O9/c1-7(30)25-16-13(21)12(14(22)17(15(16)23)26(3)8(2)31)20(36)27(11(33)4-24)9(5-28)18(34)19(35)10(32)6-29/h9-10,18-19,28-29,32,34-35H,4-6,24H2,1-3H3,(H,25,30)/t9-,10+,18+,19+/m0/s1.